The molecule has 2 aromatic carbocycles. The molecule has 118 valence electrons. The zero-order chi connectivity index (χ0) is 16.4. The van der Waals surface area contributed by atoms with Crippen LogP contribution in [0.2, 0.25) is 5.02 Å². The summed E-state index contributed by atoms with van der Waals surface area (Å²) in [5.41, 5.74) is 1.53. The first-order chi connectivity index (χ1) is 11.0. The number of benzene rings is 2. The summed E-state index contributed by atoms with van der Waals surface area (Å²) in [6, 6.07) is 11.0. The predicted octanol–water partition coefficient (Wildman–Crippen LogP) is 3.30. The summed E-state index contributed by atoms with van der Waals surface area (Å²) >= 11 is 5.91. The molecule has 2 aromatic rings. The van der Waals surface area contributed by atoms with E-state index in [1.165, 1.54) is 12.1 Å². The number of carbonyl (C=O) groups excluding carboxylic acids is 1. The zero-order valence-electron chi connectivity index (χ0n) is 11.9. The lowest BCUT2D eigenvalue weighted by Crippen LogP contribution is -2.27. The van der Waals surface area contributed by atoms with Gasteiger partial charge in [-0.3, -0.25) is 10.1 Å². The highest BCUT2D eigenvalue weighted by Gasteiger charge is 2.30. The highest BCUT2D eigenvalue weighted by atomic mass is 35.5. The van der Waals surface area contributed by atoms with Crippen LogP contribution in [0, 0.1) is 10.1 Å². The Morgan fingerprint density at radius 2 is 2.04 bits per heavy atom. The van der Waals surface area contributed by atoms with E-state index in [1.54, 1.807) is 30.3 Å². The Morgan fingerprint density at radius 3 is 2.74 bits per heavy atom. The quantitative estimate of drug-likeness (QED) is 0.487. The van der Waals surface area contributed by atoms with E-state index in [-0.39, 0.29) is 12.3 Å². The summed E-state index contributed by atoms with van der Waals surface area (Å²) in [4.78, 5) is 22.2. The van der Waals surface area contributed by atoms with Crippen molar-refractivity contribution in [1.29, 1.82) is 0 Å². The average molecular weight is 334 g/mol. The number of nitrogens with zero attached hydrogens (tertiary/aromatic N) is 1. The molecule has 0 saturated heterocycles. The number of hydrogen-bond donors (Lipinski definition) is 0. The first kappa shape index (κ1) is 15.3. The maximum absolute atomic E-state index is 12.1. The second-order valence-electron chi connectivity index (χ2n) is 5.09. The summed E-state index contributed by atoms with van der Waals surface area (Å²) in [6.45, 7) is 0.0355. The van der Waals surface area contributed by atoms with Gasteiger partial charge in [-0.1, -0.05) is 11.6 Å². The Labute approximate surface area is 136 Å². The number of carbonyl (C=O) groups is 1. The van der Waals surface area contributed by atoms with E-state index in [0.717, 1.165) is 5.56 Å². The van der Waals surface area contributed by atoms with Crippen LogP contribution in [0.15, 0.2) is 42.5 Å². The van der Waals surface area contributed by atoms with Crippen LogP contribution >= 0.6 is 11.6 Å². The number of non-ortho nitro benzene ring substituents is 1. The molecule has 1 aliphatic rings. The molecule has 0 amide bonds. The minimum absolute atomic E-state index is 0.00784. The monoisotopic (exact) mass is 333 g/mol. The summed E-state index contributed by atoms with van der Waals surface area (Å²) < 4.78 is 10.7. The smallest absolute Gasteiger partial charge is 0.348 e. The van der Waals surface area contributed by atoms with Gasteiger partial charge in [0.25, 0.3) is 5.69 Å². The van der Waals surface area contributed by atoms with Crippen LogP contribution in [0.5, 0.6) is 5.75 Å². The first-order valence-electron chi connectivity index (χ1n) is 6.88. The molecule has 0 saturated carbocycles. The molecule has 0 aromatic heterocycles. The van der Waals surface area contributed by atoms with Crippen LogP contribution < -0.4 is 4.74 Å². The van der Waals surface area contributed by atoms with Crippen molar-refractivity contribution in [3.8, 4) is 5.75 Å². The lowest BCUT2D eigenvalue weighted by atomic mass is 10.1. The molecule has 0 bridgehead atoms. The Bertz CT molecular complexity index is 760. The number of fused-ring (bicyclic) bond motifs is 1. The summed E-state index contributed by atoms with van der Waals surface area (Å²) in [6.07, 6.45) is -0.281. The normalized spacial score (nSPS) is 15.6. The number of halogens is 1. The predicted molar refractivity (Wildman–Crippen MR) is 82.5 cm³/mol. The maximum Gasteiger partial charge on any atom is 0.348 e. The third-order valence-corrected chi connectivity index (χ3v) is 3.72. The van der Waals surface area contributed by atoms with Crippen LogP contribution in [0.25, 0.3) is 0 Å². The lowest BCUT2D eigenvalue weighted by molar-refractivity contribution is -0.384. The van der Waals surface area contributed by atoms with Gasteiger partial charge < -0.3 is 9.47 Å². The molecule has 1 unspecified atom stereocenters. The summed E-state index contributed by atoms with van der Waals surface area (Å²) in [5, 5.41) is 11.2. The highest BCUT2D eigenvalue weighted by Crippen LogP contribution is 2.31. The summed E-state index contributed by atoms with van der Waals surface area (Å²) in [7, 11) is 0. The minimum atomic E-state index is -0.693. The molecule has 0 aliphatic carbocycles. The van der Waals surface area contributed by atoms with Crippen LogP contribution in [0.3, 0.4) is 0 Å². The van der Waals surface area contributed by atoms with Crippen LogP contribution in [0.1, 0.15) is 11.1 Å². The van der Waals surface area contributed by atoms with E-state index in [4.69, 9.17) is 21.1 Å². The Balaban J connectivity index is 1.57. The van der Waals surface area contributed by atoms with E-state index in [9.17, 15) is 14.9 Å². The second-order valence-corrected chi connectivity index (χ2v) is 5.53. The number of hydrogen-bond acceptors (Lipinski definition) is 5. The van der Waals surface area contributed by atoms with Gasteiger partial charge in [0.1, 0.15) is 12.4 Å². The third-order valence-electron chi connectivity index (χ3n) is 3.49. The van der Waals surface area contributed by atoms with Crippen LogP contribution in [-0.4, -0.2) is 17.0 Å². The van der Waals surface area contributed by atoms with Crippen molar-refractivity contribution in [1.82, 2.24) is 0 Å². The molecule has 1 heterocycles. The van der Waals surface area contributed by atoms with Crippen molar-refractivity contribution in [3.05, 3.63) is 68.7 Å². The molecule has 0 spiro atoms. The first-order valence-corrected chi connectivity index (χ1v) is 7.26. The molecule has 23 heavy (non-hydrogen) atoms. The fourth-order valence-corrected chi connectivity index (χ4v) is 2.50. The van der Waals surface area contributed by atoms with Gasteiger partial charge in [0.15, 0.2) is 6.10 Å². The third kappa shape index (κ3) is 3.43. The van der Waals surface area contributed by atoms with Gasteiger partial charge in [-0.2, -0.15) is 0 Å². The molecule has 1 atom stereocenters. The number of ether oxygens (including phenoxy) is 2. The zero-order valence-corrected chi connectivity index (χ0v) is 12.7. The van der Waals surface area contributed by atoms with Gasteiger partial charge in [-0.05, 0) is 41.5 Å². The molecular weight excluding hydrogens is 322 g/mol. The second kappa shape index (κ2) is 6.26. The van der Waals surface area contributed by atoms with Crippen molar-refractivity contribution < 1.29 is 19.2 Å². The number of nitro benzene ring substituents is 1. The maximum atomic E-state index is 12.1. The van der Waals surface area contributed by atoms with Crippen molar-refractivity contribution in [2.24, 2.45) is 0 Å². The number of nitro groups is 1. The minimum Gasteiger partial charge on any atom is -0.478 e. The molecule has 1 aliphatic heterocycles. The Morgan fingerprint density at radius 1 is 1.30 bits per heavy atom. The van der Waals surface area contributed by atoms with Crippen molar-refractivity contribution in [3.63, 3.8) is 0 Å². The van der Waals surface area contributed by atoms with E-state index in [0.29, 0.717) is 22.8 Å². The fourth-order valence-electron chi connectivity index (χ4n) is 2.31. The number of rotatable bonds is 4. The Kier molecular flexibility index (Phi) is 4.16. The summed E-state index contributed by atoms with van der Waals surface area (Å²) in [5.74, 6) is 0.155. The van der Waals surface area contributed by atoms with Crippen molar-refractivity contribution in [2.45, 2.75) is 19.1 Å². The van der Waals surface area contributed by atoms with E-state index in [1.807, 2.05) is 0 Å². The number of esters is 1. The molecule has 7 heteroatoms. The standard InChI is InChI=1S/C16H12ClNO5/c17-12-3-6-14-11(7-12)8-15(23-14)16(19)22-9-10-1-4-13(5-2-10)18(20)21/h1-7,15H,8-9H2. The van der Waals surface area contributed by atoms with Crippen LogP contribution in [0.4, 0.5) is 5.69 Å². The SMILES string of the molecule is O=C(OCc1ccc([N+](=O)[O-])cc1)C1Cc2cc(Cl)ccc2O1. The van der Waals surface area contributed by atoms with Gasteiger partial charge in [-0.25, -0.2) is 4.79 Å². The van der Waals surface area contributed by atoms with E-state index < -0.39 is 17.0 Å². The molecular formula is C16H12ClNO5. The van der Waals surface area contributed by atoms with Gasteiger partial charge >= 0.3 is 5.97 Å². The van der Waals surface area contributed by atoms with Gasteiger partial charge in [0.2, 0.25) is 0 Å². The van der Waals surface area contributed by atoms with E-state index in [2.05, 4.69) is 0 Å². The Hall–Kier alpha value is -2.60. The lowest BCUT2D eigenvalue weighted by Gasteiger charge is -2.10. The molecule has 0 N–H and O–H groups in total. The van der Waals surface area contributed by atoms with Gasteiger partial charge in [0.05, 0.1) is 4.92 Å². The van der Waals surface area contributed by atoms with Crippen molar-refractivity contribution >= 4 is 23.3 Å². The van der Waals surface area contributed by atoms with Gasteiger partial charge in [-0.15, -0.1) is 0 Å². The average Bonchev–Trinajstić information content (AvgIpc) is 2.96. The molecule has 3 rings (SSSR count). The topological polar surface area (TPSA) is 78.7 Å². The fraction of sp³-hybridized carbons (Fsp3) is 0.188. The van der Waals surface area contributed by atoms with Crippen molar-refractivity contribution in [2.75, 3.05) is 0 Å². The van der Waals surface area contributed by atoms with E-state index >= 15 is 0 Å². The van der Waals surface area contributed by atoms with Gasteiger partial charge in [0, 0.05) is 23.6 Å². The molecule has 0 fully saturated rings. The molecule has 0 radical (unpaired) electrons. The van der Waals surface area contributed by atoms with Crippen LogP contribution in [-0.2, 0) is 22.6 Å². The largest absolute Gasteiger partial charge is 0.478 e. The molecule has 6 nitrogen and oxygen atoms in total. The highest BCUT2D eigenvalue weighted by molar-refractivity contribution is 6.30.